The molecule has 0 saturated carbocycles. The second-order valence-corrected chi connectivity index (χ2v) is 7.42. The zero-order valence-corrected chi connectivity index (χ0v) is 13.2. The average molecular weight is 340 g/mol. The number of sulfonamides is 1. The Balaban J connectivity index is 2.04. The van der Waals surface area contributed by atoms with Gasteiger partial charge in [0.2, 0.25) is 10.0 Å². The molecular formula is C14H16N2O6S. The molecule has 1 aromatic carbocycles. The second-order valence-electron chi connectivity index (χ2n) is 5.56. The first-order valence-electron chi connectivity index (χ1n) is 7.12. The monoisotopic (exact) mass is 340 g/mol. The first kappa shape index (κ1) is 15.8. The molecular weight excluding hydrogens is 324 g/mol. The highest BCUT2D eigenvalue weighted by atomic mass is 32.2. The number of fused-ring (bicyclic) bond motifs is 1. The highest BCUT2D eigenvalue weighted by Crippen LogP contribution is 2.35. The van der Waals surface area contributed by atoms with Gasteiger partial charge in [0.25, 0.3) is 5.91 Å². The smallest absolute Gasteiger partial charge is 0.322 e. The largest absolute Gasteiger partial charge is 0.482 e. The third kappa shape index (κ3) is 2.66. The van der Waals surface area contributed by atoms with Gasteiger partial charge in [-0.25, -0.2) is 8.42 Å². The van der Waals surface area contributed by atoms with Crippen LogP contribution >= 0.6 is 0 Å². The Morgan fingerprint density at radius 1 is 1.43 bits per heavy atom. The topological polar surface area (TPSA) is 113 Å². The van der Waals surface area contributed by atoms with Crippen LogP contribution in [-0.2, 0) is 19.6 Å². The number of nitrogens with zero attached hydrogens (tertiary/aromatic N) is 1. The molecule has 2 heterocycles. The van der Waals surface area contributed by atoms with Crippen molar-refractivity contribution in [1.82, 2.24) is 4.31 Å². The molecule has 3 rings (SSSR count). The summed E-state index contributed by atoms with van der Waals surface area (Å²) in [6.07, 6.45) is 0.803. The predicted molar refractivity (Wildman–Crippen MR) is 79.9 cm³/mol. The number of hydrogen-bond donors (Lipinski definition) is 2. The maximum atomic E-state index is 12.8. The molecule has 8 nitrogen and oxygen atoms in total. The molecule has 1 aromatic rings. The molecule has 1 atom stereocenters. The van der Waals surface area contributed by atoms with Crippen LogP contribution in [0.3, 0.4) is 0 Å². The summed E-state index contributed by atoms with van der Waals surface area (Å²) in [5.74, 6) is -1.19. The maximum absolute atomic E-state index is 12.8. The van der Waals surface area contributed by atoms with Gasteiger partial charge >= 0.3 is 5.97 Å². The summed E-state index contributed by atoms with van der Waals surface area (Å²) in [6.45, 7) is 1.59. The van der Waals surface area contributed by atoms with E-state index in [-0.39, 0.29) is 29.7 Å². The zero-order chi connectivity index (χ0) is 16.8. The van der Waals surface area contributed by atoms with E-state index in [0.717, 1.165) is 4.31 Å². The van der Waals surface area contributed by atoms with Crippen LogP contribution in [0, 0.1) is 6.92 Å². The van der Waals surface area contributed by atoms with E-state index in [1.54, 1.807) is 6.92 Å². The number of carboxylic acid groups (broad SMARTS) is 1. The van der Waals surface area contributed by atoms with Crippen molar-refractivity contribution in [3.8, 4) is 5.75 Å². The van der Waals surface area contributed by atoms with Gasteiger partial charge in [-0.15, -0.1) is 0 Å². The third-order valence-corrected chi connectivity index (χ3v) is 6.04. The number of ether oxygens (including phenoxy) is 1. The molecule has 0 spiro atoms. The van der Waals surface area contributed by atoms with Crippen molar-refractivity contribution in [2.45, 2.75) is 30.7 Å². The minimum absolute atomic E-state index is 0.000508. The van der Waals surface area contributed by atoms with E-state index in [1.165, 1.54) is 12.1 Å². The number of benzene rings is 1. The first-order valence-corrected chi connectivity index (χ1v) is 8.56. The fourth-order valence-electron chi connectivity index (χ4n) is 2.89. The summed E-state index contributed by atoms with van der Waals surface area (Å²) in [4.78, 5) is 22.6. The zero-order valence-electron chi connectivity index (χ0n) is 12.4. The lowest BCUT2D eigenvalue weighted by Gasteiger charge is -2.24. The van der Waals surface area contributed by atoms with Gasteiger partial charge < -0.3 is 15.2 Å². The lowest BCUT2D eigenvalue weighted by atomic mass is 10.2. The number of carboxylic acids is 1. The van der Waals surface area contributed by atoms with Gasteiger partial charge in [-0.1, -0.05) is 0 Å². The molecule has 2 aliphatic rings. The summed E-state index contributed by atoms with van der Waals surface area (Å²) < 4.78 is 32.0. The average Bonchev–Trinajstić information content (AvgIpc) is 2.96. The molecule has 0 aromatic heterocycles. The predicted octanol–water partition coefficient (Wildman–Crippen LogP) is 0.564. The number of amides is 1. The van der Waals surface area contributed by atoms with Gasteiger partial charge in [-0.3, -0.25) is 9.59 Å². The molecule has 0 unspecified atom stereocenters. The van der Waals surface area contributed by atoms with E-state index < -0.39 is 22.0 Å². The summed E-state index contributed by atoms with van der Waals surface area (Å²) in [6, 6.07) is 1.82. The number of hydrogen-bond acceptors (Lipinski definition) is 5. The van der Waals surface area contributed by atoms with Crippen molar-refractivity contribution in [3.63, 3.8) is 0 Å². The van der Waals surface area contributed by atoms with E-state index in [4.69, 9.17) is 4.74 Å². The molecule has 124 valence electrons. The standard InChI is InChI=1S/C14H16N2O6S/c1-8-5-9-11(22-7-13(17)15-9)6-12(8)23(20,21)16-4-2-3-10(16)14(18)19/h5-6,10H,2-4,7H2,1H3,(H,15,17)(H,18,19)/t10-/m0/s1. The minimum atomic E-state index is -3.95. The Morgan fingerprint density at radius 2 is 2.17 bits per heavy atom. The van der Waals surface area contributed by atoms with Crippen LogP contribution in [0.1, 0.15) is 18.4 Å². The van der Waals surface area contributed by atoms with Crippen molar-refractivity contribution in [2.75, 3.05) is 18.5 Å². The number of rotatable bonds is 3. The Labute approximate surface area is 133 Å². The summed E-state index contributed by atoms with van der Waals surface area (Å²) in [5.41, 5.74) is 0.833. The molecule has 1 saturated heterocycles. The van der Waals surface area contributed by atoms with E-state index in [0.29, 0.717) is 24.1 Å². The minimum Gasteiger partial charge on any atom is -0.482 e. The van der Waals surface area contributed by atoms with Gasteiger partial charge in [0.05, 0.1) is 10.6 Å². The maximum Gasteiger partial charge on any atom is 0.322 e. The van der Waals surface area contributed by atoms with E-state index >= 15 is 0 Å². The van der Waals surface area contributed by atoms with Crippen LogP contribution in [0.15, 0.2) is 17.0 Å². The number of carbonyl (C=O) groups is 2. The normalized spacial score (nSPS) is 21.4. The van der Waals surface area contributed by atoms with Crippen LogP contribution in [0.2, 0.25) is 0 Å². The molecule has 23 heavy (non-hydrogen) atoms. The van der Waals surface area contributed by atoms with E-state index in [1.807, 2.05) is 0 Å². The highest BCUT2D eigenvalue weighted by Gasteiger charge is 2.40. The summed E-state index contributed by atoms with van der Waals surface area (Å²) in [5, 5.41) is 11.8. The Kier molecular flexibility index (Phi) is 3.77. The summed E-state index contributed by atoms with van der Waals surface area (Å²) in [7, 11) is -3.95. The van der Waals surface area contributed by atoms with E-state index in [2.05, 4.69) is 5.32 Å². The summed E-state index contributed by atoms with van der Waals surface area (Å²) >= 11 is 0. The van der Waals surface area contributed by atoms with Crippen LogP contribution in [0.4, 0.5) is 5.69 Å². The molecule has 1 amide bonds. The van der Waals surface area contributed by atoms with Gasteiger partial charge in [0.15, 0.2) is 6.61 Å². The lowest BCUT2D eigenvalue weighted by Crippen LogP contribution is -2.40. The number of carbonyl (C=O) groups excluding carboxylic acids is 1. The fourth-order valence-corrected chi connectivity index (χ4v) is 4.77. The highest BCUT2D eigenvalue weighted by molar-refractivity contribution is 7.89. The molecule has 2 aliphatic heterocycles. The van der Waals surface area contributed by atoms with Crippen LogP contribution in [0.25, 0.3) is 0 Å². The molecule has 1 fully saturated rings. The van der Waals surface area contributed by atoms with Crippen molar-refractivity contribution >= 4 is 27.6 Å². The van der Waals surface area contributed by atoms with Crippen LogP contribution in [-0.4, -0.2) is 48.9 Å². The van der Waals surface area contributed by atoms with Gasteiger partial charge in [0.1, 0.15) is 11.8 Å². The van der Waals surface area contributed by atoms with Crippen molar-refractivity contribution < 1.29 is 27.9 Å². The Bertz CT molecular complexity index is 789. The number of nitrogens with one attached hydrogen (secondary N) is 1. The number of aliphatic carboxylic acids is 1. The van der Waals surface area contributed by atoms with Crippen LogP contribution < -0.4 is 10.1 Å². The lowest BCUT2D eigenvalue weighted by molar-refractivity contribution is -0.140. The molecule has 9 heteroatoms. The fraction of sp³-hybridized carbons (Fsp3) is 0.429. The Morgan fingerprint density at radius 3 is 2.87 bits per heavy atom. The SMILES string of the molecule is Cc1cc2c(cc1S(=O)(=O)N1CCC[C@H]1C(=O)O)OCC(=O)N2. The number of aryl methyl sites for hydroxylation is 1. The van der Waals surface area contributed by atoms with Gasteiger partial charge in [0, 0.05) is 12.6 Å². The molecule has 0 bridgehead atoms. The van der Waals surface area contributed by atoms with Crippen molar-refractivity contribution in [1.29, 1.82) is 0 Å². The first-order chi connectivity index (χ1) is 10.8. The van der Waals surface area contributed by atoms with Gasteiger partial charge in [-0.05, 0) is 31.4 Å². The van der Waals surface area contributed by atoms with E-state index in [9.17, 15) is 23.1 Å². The second kappa shape index (κ2) is 5.50. The van der Waals surface area contributed by atoms with Crippen molar-refractivity contribution in [2.24, 2.45) is 0 Å². The number of anilines is 1. The third-order valence-electron chi connectivity index (χ3n) is 3.99. The molecule has 0 aliphatic carbocycles. The van der Waals surface area contributed by atoms with Gasteiger partial charge in [-0.2, -0.15) is 4.31 Å². The molecule has 0 radical (unpaired) electrons. The molecule has 2 N–H and O–H groups in total. The van der Waals surface area contributed by atoms with Crippen molar-refractivity contribution in [3.05, 3.63) is 17.7 Å². The quantitative estimate of drug-likeness (QED) is 0.831. The van der Waals surface area contributed by atoms with Crippen LogP contribution in [0.5, 0.6) is 5.75 Å². The Hall–Kier alpha value is -2.13.